The molecule has 0 bridgehead atoms. The molecule has 4 heteroatoms. The Morgan fingerprint density at radius 3 is 2.72 bits per heavy atom. The van der Waals surface area contributed by atoms with Crippen LogP contribution in [0.5, 0.6) is 0 Å². The van der Waals surface area contributed by atoms with Crippen LogP contribution in [-0.4, -0.2) is 16.5 Å². The summed E-state index contributed by atoms with van der Waals surface area (Å²) in [7, 11) is 0. The van der Waals surface area contributed by atoms with Crippen LogP contribution >= 0.6 is 12.2 Å². The zero-order chi connectivity index (χ0) is 13.2. The molecule has 0 spiro atoms. The molecular weight excluding hydrogens is 242 g/mol. The van der Waals surface area contributed by atoms with Crippen molar-refractivity contribution >= 4 is 22.9 Å². The van der Waals surface area contributed by atoms with Crippen molar-refractivity contribution in [1.29, 1.82) is 0 Å². The maximum Gasteiger partial charge on any atom is 0.106 e. The Labute approximate surface area is 115 Å². The quantitative estimate of drug-likeness (QED) is 0.530. The maximum absolute atomic E-state index is 5.66. The SMILES string of the molecule is CCCCCCCCNc1cnccc1C(N)=S. The molecule has 0 aromatic carbocycles. The number of rotatable bonds is 9. The van der Waals surface area contributed by atoms with Gasteiger partial charge in [0.1, 0.15) is 4.99 Å². The van der Waals surface area contributed by atoms with Gasteiger partial charge < -0.3 is 11.1 Å². The third-order valence-corrected chi connectivity index (χ3v) is 3.15. The van der Waals surface area contributed by atoms with Crippen LogP contribution in [0.4, 0.5) is 5.69 Å². The minimum absolute atomic E-state index is 0.419. The summed E-state index contributed by atoms with van der Waals surface area (Å²) in [6.45, 7) is 3.19. The number of hydrogen-bond donors (Lipinski definition) is 2. The highest BCUT2D eigenvalue weighted by molar-refractivity contribution is 7.80. The third kappa shape index (κ3) is 5.45. The average molecular weight is 265 g/mol. The zero-order valence-corrected chi connectivity index (χ0v) is 11.9. The van der Waals surface area contributed by atoms with Crippen LogP contribution in [0.3, 0.4) is 0 Å². The monoisotopic (exact) mass is 265 g/mol. The highest BCUT2D eigenvalue weighted by atomic mass is 32.1. The Morgan fingerprint density at radius 2 is 2.00 bits per heavy atom. The largest absolute Gasteiger partial charge is 0.389 e. The number of aromatic nitrogens is 1. The van der Waals surface area contributed by atoms with Gasteiger partial charge in [-0.05, 0) is 12.5 Å². The molecule has 0 amide bonds. The second kappa shape index (κ2) is 8.86. The molecule has 0 aliphatic rings. The predicted octanol–water partition coefficient (Wildman–Crippen LogP) is 3.49. The number of anilines is 1. The van der Waals surface area contributed by atoms with E-state index in [-0.39, 0.29) is 0 Å². The van der Waals surface area contributed by atoms with Crippen LogP contribution in [0.15, 0.2) is 18.5 Å². The first-order valence-electron chi connectivity index (χ1n) is 6.73. The predicted molar refractivity (Wildman–Crippen MR) is 82.0 cm³/mol. The Balaban J connectivity index is 2.25. The van der Waals surface area contributed by atoms with Gasteiger partial charge in [-0.1, -0.05) is 51.2 Å². The van der Waals surface area contributed by atoms with Crippen molar-refractivity contribution in [3.63, 3.8) is 0 Å². The third-order valence-electron chi connectivity index (χ3n) is 2.93. The molecule has 3 nitrogen and oxygen atoms in total. The highest BCUT2D eigenvalue weighted by Gasteiger charge is 2.03. The molecule has 0 saturated carbocycles. The number of thiocarbonyl (C=S) groups is 1. The van der Waals surface area contributed by atoms with E-state index >= 15 is 0 Å². The number of unbranched alkanes of at least 4 members (excludes halogenated alkanes) is 5. The van der Waals surface area contributed by atoms with Gasteiger partial charge in [0.15, 0.2) is 0 Å². The molecule has 1 aromatic rings. The van der Waals surface area contributed by atoms with E-state index in [1.807, 2.05) is 6.07 Å². The summed E-state index contributed by atoms with van der Waals surface area (Å²) in [6.07, 6.45) is 11.3. The van der Waals surface area contributed by atoms with Gasteiger partial charge in [0, 0.05) is 18.3 Å². The number of pyridine rings is 1. The minimum atomic E-state index is 0.419. The van der Waals surface area contributed by atoms with E-state index < -0.39 is 0 Å². The lowest BCUT2D eigenvalue weighted by Crippen LogP contribution is -2.14. The van der Waals surface area contributed by atoms with E-state index in [9.17, 15) is 0 Å². The molecule has 3 N–H and O–H groups in total. The van der Waals surface area contributed by atoms with Gasteiger partial charge >= 0.3 is 0 Å². The second-order valence-corrected chi connectivity index (χ2v) is 4.92. The zero-order valence-electron chi connectivity index (χ0n) is 11.1. The summed E-state index contributed by atoms with van der Waals surface area (Å²) in [5.41, 5.74) is 7.49. The summed E-state index contributed by atoms with van der Waals surface area (Å²) in [5, 5.41) is 3.36. The van der Waals surface area contributed by atoms with Gasteiger partial charge in [-0.25, -0.2) is 0 Å². The Kier molecular flexibility index (Phi) is 7.34. The lowest BCUT2D eigenvalue weighted by molar-refractivity contribution is 0.617. The molecular formula is C14H23N3S. The molecule has 1 aromatic heterocycles. The van der Waals surface area contributed by atoms with Crippen LogP contribution in [0.2, 0.25) is 0 Å². The molecule has 0 saturated heterocycles. The number of nitrogens with zero attached hydrogens (tertiary/aromatic N) is 1. The van der Waals surface area contributed by atoms with Crippen molar-refractivity contribution in [1.82, 2.24) is 4.98 Å². The number of nitrogens with one attached hydrogen (secondary N) is 1. The number of hydrogen-bond acceptors (Lipinski definition) is 3. The van der Waals surface area contributed by atoms with Crippen LogP contribution in [0, 0.1) is 0 Å². The van der Waals surface area contributed by atoms with Gasteiger partial charge in [-0.2, -0.15) is 0 Å². The summed E-state index contributed by atoms with van der Waals surface area (Å²) < 4.78 is 0. The molecule has 1 rings (SSSR count). The summed E-state index contributed by atoms with van der Waals surface area (Å²) in [4.78, 5) is 4.51. The van der Waals surface area contributed by atoms with Crippen LogP contribution < -0.4 is 11.1 Å². The first-order valence-corrected chi connectivity index (χ1v) is 7.14. The van der Waals surface area contributed by atoms with Gasteiger partial charge in [-0.3, -0.25) is 4.98 Å². The Hall–Kier alpha value is -1.16. The molecule has 0 atom stereocenters. The van der Waals surface area contributed by atoms with Crippen molar-refractivity contribution in [3.8, 4) is 0 Å². The van der Waals surface area contributed by atoms with Crippen molar-refractivity contribution in [3.05, 3.63) is 24.0 Å². The summed E-state index contributed by atoms with van der Waals surface area (Å²) in [5.74, 6) is 0. The van der Waals surface area contributed by atoms with Gasteiger partial charge in [-0.15, -0.1) is 0 Å². The van der Waals surface area contributed by atoms with Crippen LogP contribution in [0.25, 0.3) is 0 Å². The lowest BCUT2D eigenvalue weighted by Gasteiger charge is -2.10. The van der Waals surface area contributed by atoms with E-state index in [1.165, 1.54) is 38.5 Å². The fourth-order valence-corrected chi connectivity index (χ4v) is 2.06. The molecule has 100 valence electrons. The smallest absolute Gasteiger partial charge is 0.106 e. The molecule has 0 radical (unpaired) electrons. The van der Waals surface area contributed by atoms with Crippen molar-refractivity contribution in [2.24, 2.45) is 5.73 Å². The minimum Gasteiger partial charge on any atom is -0.389 e. The van der Waals surface area contributed by atoms with E-state index in [4.69, 9.17) is 18.0 Å². The molecule has 18 heavy (non-hydrogen) atoms. The maximum atomic E-state index is 5.66. The van der Waals surface area contributed by atoms with Crippen molar-refractivity contribution in [2.75, 3.05) is 11.9 Å². The standard InChI is InChI=1S/C14H23N3S/c1-2-3-4-5-6-7-9-17-13-11-16-10-8-12(13)14(15)18/h8,10-11,17H,2-7,9H2,1H3,(H2,15,18). The first kappa shape index (κ1) is 14.9. The Bertz CT molecular complexity index is 366. The lowest BCUT2D eigenvalue weighted by atomic mass is 10.1. The van der Waals surface area contributed by atoms with E-state index in [0.29, 0.717) is 4.99 Å². The fourth-order valence-electron chi connectivity index (χ4n) is 1.88. The van der Waals surface area contributed by atoms with Crippen molar-refractivity contribution < 1.29 is 0 Å². The fraction of sp³-hybridized carbons (Fsp3) is 0.571. The van der Waals surface area contributed by atoms with Crippen LogP contribution in [-0.2, 0) is 0 Å². The summed E-state index contributed by atoms with van der Waals surface area (Å²) in [6, 6.07) is 1.85. The van der Waals surface area contributed by atoms with E-state index in [1.54, 1.807) is 12.4 Å². The van der Waals surface area contributed by atoms with E-state index in [0.717, 1.165) is 17.8 Å². The number of nitrogens with two attached hydrogens (primary N) is 1. The normalized spacial score (nSPS) is 10.3. The second-order valence-electron chi connectivity index (χ2n) is 4.48. The molecule has 0 unspecified atom stereocenters. The summed E-state index contributed by atoms with van der Waals surface area (Å²) >= 11 is 5.01. The van der Waals surface area contributed by atoms with E-state index in [2.05, 4.69) is 17.2 Å². The highest BCUT2D eigenvalue weighted by Crippen LogP contribution is 2.13. The van der Waals surface area contributed by atoms with Gasteiger partial charge in [0.2, 0.25) is 0 Å². The average Bonchev–Trinajstić information content (AvgIpc) is 2.38. The molecule has 0 aliphatic carbocycles. The molecule has 0 fully saturated rings. The molecule has 0 aliphatic heterocycles. The van der Waals surface area contributed by atoms with Crippen molar-refractivity contribution in [2.45, 2.75) is 45.4 Å². The first-order chi connectivity index (χ1) is 8.75. The van der Waals surface area contributed by atoms with Gasteiger partial charge in [0.05, 0.1) is 11.9 Å². The Morgan fingerprint density at radius 1 is 1.28 bits per heavy atom. The molecule has 1 heterocycles. The van der Waals surface area contributed by atoms with Gasteiger partial charge in [0.25, 0.3) is 0 Å². The van der Waals surface area contributed by atoms with Crippen LogP contribution in [0.1, 0.15) is 51.0 Å². The topological polar surface area (TPSA) is 50.9 Å².